The van der Waals surface area contributed by atoms with Gasteiger partial charge in [0.2, 0.25) is 0 Å². The van der Waals surface area contributed by atoms with Crippen LogP contribution in [-0.2, 0) is 0 Å². The van der Waals surface area contributed by atoms with E-state index in [9.17, 15) is 0 Å². The summed E-state index contributed by atoms with van der Waals surface area (Å²) < 4.78 is 0. The second-order valence-corrected chi connectivity index (χ2v) is 6.63. The number of fused-ring (bicyclic) bond motifs is 2. The molecule has 0 bridgehead atoms. The molecule has 1 N–H and O–H groups in total. The summed E-state index contributed by atoms with van der Waals surface area (Å²) in [5, 5.41) is 3.60. The largest absolute Gasteiger partial charge is 0.316 e. The van der Waals surface area contributed by atoms with Crippen molar-refractivity contribution in [3.8, 4) is 0 Å². The Hall–Kier alpha value is -0.0800. The van der Waals surface area contributed by atoms with Crippen molar-refractivity contribution >= 4 is 0 Å². The van der Waals surface area contributed by atoms with Gasteiger partial charge in [0.1, 0.15) is 0 Å². The lowest BCUT2D eigenvalue weighted by Gasteiger charge is -2.29. The topological polar surface area (TPSA) is 15.3 Å². The van der Waals surface area contributed by atoms with E-state index in [0.717, 1.165) is 29.7 Å². The molecule has 2 aliphatic carbocycles. The fourth-order valence-electron chi connectivity index (χ4n) is 5.11. The maximum Gasteiger partial charge on any atom is 0.0139 e. The lowest BCUT2D eigenvalue weighted by Crippen LogP contribution is -2.38. The van der Waals surface area contributed by atoms with Gasteiger partial charge in [-0.1, -0.05) is 6.42 Å². The molecule has 2 aliphatic heterocycles. The van der Waals surface area contributed by atoms with Crippen LogP contribution in [0.4, 0.5) is 0 Å². The van der Waals surface area contributed by atoms with E-state index in [4.69, 9.17) is 0 Å². The van der Waals surface area contributed by atoms with Crippen LogP contribution in [0.3, 0.4) is 0 Å². The van der Waals surface area contributed by atoms with Crippen molar-refractivity contribution in [1.82, 2.24) is 10.2 Å². The predicted octanol–water partition coefficient (Wildman–Crippen LogP) is 1.72. The number of hydrogen-bond acceptors (Lipinski definition) is 2. The first-order chi connectivity index (χ1) is 7.92. The average Bonchev–Trinajstić information content (AvgIpc) is 2.95. The third-order valence-corrected chi connectivity index (χ3v) is 5.94. The van der Waals surface area contributed by atoms with Crippen molar-refractivity contribution in [1.29, 1.82) is 0 Å². The second kappa shape index (κ2) is 3.71. The van der Waals surface area contributed by atoms with Gasteiger partial charge in [0.25, 0.3) is 0 Å². The monoisotopic (exact) mass is 220 g/mol. The lowest BCUT2D eigenvalue weighted by molar-refractivity contribution is 0.182. The van der Waals surface area contributed by atoms with Gasteiger partial charge in [0, 0.05) is 19.1 Å². The molecule has 2 saturated carbocycles. The maximum atomic E-state index is 3.60. The molecule has 0 amide bonds. The van der Waals surface area contributed by atoms with E-state index in [1.165, 1.54) is 58.3 Å². The van der Waals surface area contributed by atoms with Crippen LogP contribution < -0.4 is 5.32 Å². The van der Waals surface area contributed by atoms with Crippen molar-refractivity contribution < 1.29 is 0 Å². The van der Waals surface area contributed by atoms with Crippen molar-refractivity contribution in [3.05, 3.63) is 0 Å². The van der Waals surface area contributed by atoms with E-state index in [2.05, 4.69) is 10.2 Å². The Labute approximate surface area is 98.8 Å². The van der Waals surface area contributed by atoms with Gasteiger partial charge in [-0.25, -0.2) is 0 Å². The first-order valence-electron chi connectivity index (χ1n) is 7.36. The predicted molar refractivity (Wildman–Crippen MR) is 65.3 cm³/mol. The highest BCUT2D eigenvalue weighted by Gasteiger charge is 2.46. The molecule has 0 aromatic carbocycles. The zero-order valence-corrected chi connectivity index (χ0v) is 10.2. The molecule has 0 aromatic rings. The molecule has 4 aliphatic rings. The molecule has 2 heteroatoms. The number of nitrogens with zero attached hydrogens (tertiary/aromatic N) is 1. The zero-order valence-electron chi connectivity index (χ0n) is 10.2. The number of rotatable bonds is 1. The summed E-state index contributed by atoms with van der Waals surface area (Å²) in [7, 11) is 0. The van der Waals surface area contributed by atoms with Crippen LogP contribution in [0.5, 0.6) is 0 Å². The Bertz CT molecular complexity index is 266. The summed E-state index contributed by atoms with van der Waals surface area (Å²) in [6, 6.07) is 0.950. The molecule has 5 unspecified atom stereocenters. The fourth-order valence-corrected chi connectivity index (χ4v) is 5.11. The van der Waals surface area contributed by atoms with Gasteiger partial charge < -0.3 is 5.32 Å². The molecule has 4 rings (SSSR count). The van der Waals surface area contributed by atoms with Crippen LogP contribution in [0.15, 0.2) is 0 Å². The Kier molecular flexibility index (Phi) is 2.29. The summed E-state index contributed by atoms with van der Waals surface area (Å²) in [5.74, 6) is 4.17. The standard InChI is InChI=1S/C14H24N2/c1-2-11-8-16(9-12(11)3-1)14-5-4-10-6-15-7-13(10)14/h10-15H,1-9H2. The average molecular weight is 220 g/mol. The summed E-state index contributed by atoms with van der Waals surface area (Å²) in [4.78, 5) is 2.88. The molecule has 16 heavy (non-hydrogen) atoms. The molecule has 5 atom stereocenters. The molecular weight excluding hydrogens is 196 g/mol. The number of hydrogen-bond donors (Lipinski definition) is 1. The van der Waals surface area contributed by atoms with Crippen molar-refractivity contribution in [2.75, 3.05) is 26.2 Å². The maximum absolute atomic E-state index is 3.60. The first-order valence-corrected chi connectivity index (χ1v) is 7.36. The fraction of sp³-hybridized carbons (Fsp3) is 1.00. The van der Waals surface area contributed by atoms with E-state index in [1.54, 1.807) is 0 Å². The van der Waals surface area contributed by atoms with Gasteiger partial charge in [-0.2, -0.15) is 0 Å². The summed E-state index contributed by atoms with van der Waals surface area (Å²) >= 11 is 0. The van der Waals surface area contributed by atoms with Gasteiger partial charge in [-0.15, -0.1) is 0 Å². The number of likely N-dealkylation sites (tertiary alicyclic amines) is 1. The van der Waals surface area contributed by atoms with E-state index in [-0.39, 0.29) is 0 Å². The van der Waals surface area contributed by atoms with Crippen LogP contribution in [0, 0.1) is 23.7 Å². The van der Waals surface area contributed by atoms with E-state index < -0.39 is 0 Å². The molecule has 2 heterocycles. The van der Waals surface area contributed by atoms with Crippen LogP contribution in [-0.4, -0.2) is 37.1 Å². The minimum absolute atomic E-state index is 0.950. The molecule has 0 aromatic heterocycles. The highest BCUT2D eigenvalue weighted by Crippen LogP contribution is 2.44. The normalized spacial score (nSPS) is 52.1. The van der Waals surface area contributed by atoms with E-state index in [0.29, 0.717) is 0 Å². The smallest absolute Gasteiger partial charge is 0.0139 e. The zero-order chi connectivity index (χ0) is 10.5. The van der Waals surface area contributed by atoms with Crippen molar-refractivity contribution in [2.45, 2.75) is 38.1 Å². The minimum atomic E-state index is 0.950. The van der Waals surface area contributed by atoms with Gasteiger partial charge in [0.05, 0.1) is 0 Å². The van der Waals surface area contributed by atoms with Gasteiger partial charge in [0.15, 0.2) is 0 Å². The van der Waals surface area contributed by atoms with Crippen molar-refractivity contribution in [3.63, 3.8) is 0 Å². The Morgan fingerprint density at radius 1 is 0.812 bits per heavy atom. The molecule has 2 nitrogen and oxygen atoms in total. The molecule has 0 radical (unpaired) electrons. The molecule has 4 fully saturated rings. The first kappa shape index (κ1) is 9.90. The Morgan fingerprint density at radius 3 is 2.44 bits per heavy atom. The molecule has 90 valence electrons. The minimum Gasteiger partial charge on any atom is -0.316 e. The van der Waals surface area contributed by atoms with Crippen molar-refractivity contribution in [2.24, 2.45) is 23.7 Å². The lowest BCUT2D eigenvalue weighted by atomic mass is 9.97. The Morgan fingerprint density at radius 2 is 1.62 bits per heavy atom. The summed E-state index contributed by atoms with van der Waals surface area (Å²) in [6.07, 6.45) is 7.56. The van der Waals surface area contributed by atoms with Crippen LogP contribution in [0.1, 0.15) is 32.1 Å². The molecule has 0 spiro atoms. The van der Waals surface area contributed by atoms with E-state index in [1.807, 2.05) is 0 Å². The van der Waals surface area contributed by atoms with Crippen LogP contribution >= 0.6 is 0 Å². The van der Waals surface area contributed by atoms with Gasteiger partial charge >= 0.3 is 0 Å². The second-order valence-electron chi connectivity index (χ2n) is 6.63. The van der Waals surface area contributed by atoms with Gasteiger partial charge in [-0.3, -0.25) is 4.90 Å². The molecule has 2 saturated heterocycles. The summed E-state index contributed by atoms with van der Waals surface area (Å²) in [5.41, 5.74) is 0. The SMILES string of the molecule is C1CC2CN(C3CCC4CNCC43)CC2C1. The van der Waals surface area contributed by atoms with E-state index >= 15 is 0 Å². The quantitative estimate of drug-likeness (QED) is 0.724. The van der Waals surface area contributed by atoms with Crippen LogP contribution in [0.25, 0.3) is 0 Å². The Balaban J connectivity index is 1.47. The summed E-state index contributed by atoms with van der Waals surface area (Å²) in [6.45, 7) is 5.50. The van der Waals surface area contributed by atoms with Crippen LogP contribution in [0.2, 0.25) is 0 Å². The number of nitrogens with one attached hydrogen (secondary N) is 1. The third-order valence-electron chi connectivity index (χ3n) is 5.94. The molecular formula is C14H24N2. The highest BCUT2D eigenvalue weighted by atomic mass is 15.2. The third kappa shape index (κ3) is 1.39. The van der Waals surface area contributed by atoms with Gasteiger partial charge in [-0.05, 0) is 62.4 Å². The highest BCUT2D eigenvalue weighted by molar-refractivity contribution is 5.00.